The van der Waals surface area contributed by atoms with Gasteiger partial charge in [-0.2, -0.15) is 0 Å². The molecule has 1 atom stereocenters. The zero-order valence-electron chi connectivity index (χ0n) is 10.5. The Kier molecular flexibility index (Phi) is 4.37. The fraction of sp³-hybridized carbons (Fsp3) is 0.250. The van der Waals surface area contributed by atoms with Gasteiger partial charge >= 0.3 is 0 Å². The Balaban J connectivity index is 1.81. The second-order valence-corrected chi connectivity index (χ2v) is 4.38. The van der Waals surface area contributed by atoms with Crippen molar-refractivity contribution in [3.63, 3.8) is 0 Å². The molecule has 2 aromatic rings. The van der Waals surface area contributed by atoms with Crippen LogP contribution in [0.1, 0.15) is 23.7 Å². The van der Waals surface area contributed by atoms with Crippen LogP contribution in [0.4, 0.5) is 0 Å². The highest BCUT2D eigenvalue weighted by atomic mass is 16.5. The summed E-state index contributed by atoms with van der Waals surface area (Å²) in [7, 11) is 0. The molecule has 0 spiro atoms. The lowest BCUT2D eigenvalue weighted by Crippen LogP contribution is -2.05. The number of para-hydroxylation sites is 1. The third-order valence-corrected chi connectivity index (χ3v) is 2.87. The van der Waals surface area contributed by atoms with Crippen molar-refractivity contribution in [3.05, 3.63) is 65.7 Å². The molecule has 0 bridgehead atoms. The maximum Gasteiger partial charge on any atom is 0.119 e. The molecule has 1 unspecified atom stereocenters. The number of aliphatic hydroxyl groups is 1. The van der Waals surface area contributed by atoms with Crippen LogP contribution in [0.2, 0.25) is 0 Å². The number of benzene rings is 2. The first kappa shape index (κ1) is 12.7. The summed E-state index contributed by atoms with van der Waals surface area (Å²) in [5.41, 5.74) is 2.14. The van der Waals surface area contributed by atoms with E-state index in [0.29, 0.717) is 13.0 Å². The van der Waals surface area contributed by atoms with Crippen molar-refractivity contribution in [3.8, 4) is 5.75 Å². The SMILES string of the molecule is Cc1ccc(C(O)CCOc2ccccc2)cc1. The van der Waals surface area contributed by atoms with Gasteiger partial charge in [0.2, 0.25) is 0 Å². The van der Waals surface area contributed by atoms with Gasteiger partial charge < -0.3 is 9.84 Å². The highest BCUT2D eigenvalue weighted by Crippen LogP contribution is 2.18. The van der Waals surface area contributed by atoms with E-state index in [2.05, 4.69) is 0 Å². The summed E-state index contributed by atoms with van der Waals surface area (Å²) in [6, 6.07) is 17.6. The van der Waals surface area contributed by atoms with Gasteiger partial charge in [0.15, 0.2) is 0 Å². The van der Waals surface area contributed by atoms with Crippen LogP contribution in [0, 0.1) is 6.92 Å². The van der Waals surface area contributed by atoms with E-state index in [1.54, 1.807) is 0 Å². The summed E-state index contributed by atoms with van der Waals surface area (Å²) >= 11 is 0. The molecule has 94 valence electrons. The smallest absolute Gasteiger partial charge is 0.119 e. The van der Waals surface area contributed by atoms with Gasteiger partial charge in [-0.05, 0) is 24.6 Å². The molecule has 2 aromatic carbocycles. The fourth-order valence-electron chi connectivity index (χ4n) is 1.76. The number of hydrogen-bond acceptors (Lipinski definition) is 2. The Morgan fingerprint density at radius 2 is 1.67 bits per heavy atom. The summed E-state index contributed by atoms with van der Waals surface area (Å²) in [6.07, 6.45) is 0.132. The molecular weight excluding hydrogens is 224 g/mol. The first-order valence-electron chi connectivity index (χ1n) is 6.18. The molecule has 0 radical (unpaired) electrons. The monoisotopic (exact) mass is 242 g/mol. The molecular formula is C16H18O2. The van der Waals surface area contributed by atoms with Gasteiger partial charge in [0, 0.05) is 6.42 Å². The minimum atomic E-state index is -0.464. The van der Waals surface area contributed by atoms with Gasteiger partial charge in [-0.3, -0.25) is 0 Å². The molecule has 0 aromatic heterocycles. The van der Waals surface area contributed by atoms with E-state index in [0.717, 1.165) is 11.3 Å². The maximum atomic E-state index is 10.0. The number of hydrogen-bond donors (Lipinski definition) is 1. The van der Waals surface area contributed by atoms with Crippen LogP contribution in [0.15, 0.2) is 54.6 Å². The molecule has 1 N–H and O–H groups in total. The predicted molar refractivity (Wildman–Crippen MR) is 72.7 cm³/mol. The molecule has 0 fully saturated rings. The van der Waals surface area contributed by atoms with E-state index in [4.69, 9.17) is 4.74 Å². The van der Waals surface area contributed by atoms with Crippen LogP contribution in [-0.4, -0.2) is 11.7 Å². The van der Waals surface area contributed by atoms with Gasteiger partial charge in [0.05, 0.1) is 12.7 Å². The van der Waals surface area contributed by atoms with Gasteiger partial charge in [0.1, 0.15) is 5.75 Å². The lowest BCUT2D eigenvalue weighted by atomic mass is 10.1. The third kappa shape index (κ3) is 3.60. The number of rotatable bonds is 5. The maximum absolute atomic E-state index is 10.0. The normalized spacial score (nSPS) is 12.1. The summed E-state index contributed by atoms with van der Waals surface area (Å²) in [5, 5.41) is 10.0. The average molecular weight is 242 g/mol. The van der Waals surface area contributed by atoms with E-state index < -0.39 is 6.10 Å². The fourth-order valence-corrected chi connectivity index (χ4v) is 1.76. The van der Waals surface area contributed by atoms with Crippen molar-refractivity contribution in [2.24, 2.45) is 0 Å². The van der Waals surface area contributed by atoms with Gasteiger partial charge in [-0.25, -0.2) is 0 Å². The number of ether oxygens (including phenoxy) is 1. The highest BCUT2D eigenvalue weighted by molar-refractivity contribution is 5.23. The molecule has 18 heavy (non-hydrogen) atoms. The standard InChI is InChI=1S/C16H18O2/c1-13-7-9-14(10-8-13)16(17)11-12-18-15-5-3-2-4-6-15/h2-10,16-17H,11-12H2,1H3. The molecule has 0 heterocycles. The van der Waals surface area contributed by atoms with Crippen molar-refractivity contribution in [1.29, 1.82) is 0 Å². The summed E-state index contributed by atoms with van der Waals surface area (Å²) in [4.78, 5) is 0. The Morgan fingerprint density at radius 1 is 1.00 bits per heavy atom. The summed E-state index contributed by atoms with van der Waals surface area (Å²) in [6.45, 7) is 2.55. The topological polar surface area (TPSA) is 29.5 Å². The first-order chi connectivity index (χ1) is 8.75. The lowest BCUT2D eigenvalue weighted by molar-refractivity contribution is 0.141. The van der Waals surface area contributed by atoms with Crippen molar-refractivity contribution in [2.75, 3.05) is 6.61 Å². The second kappa shape index (κ2) is 6.22. The molecule has 0 aliphatic heterocycles. The van der Waals surface area contributed by atoms with E-state index in [9.17, 15) is 5.11 Å². The van der Waals surface area contributed by atoms with Crippen LogP contribution in [0.3, 0.4) is 0 Å². The zero-order valence-corrected chi connectivity index (χ0v) is 10.5. The minimum absolute atomic E-state index is 0.464. The minimum Gasteiger partial charge on any atom is -0.493 e. The number of aryl methyl sites for hydroxylation is 1. The quantitative estimate of drug-likeness (QED) is 0.869. The molecule has 0 amide bonds. The van der Waals surface area contributed by atoms with Crippen molar-refractivity contribution >= 4 is 0 Å². The number of aliphatic hydroxyl groups excluding tert-OH is 1. The largest absolute Gasteiger partial charge is 0.493 e. The van der Waals surface area contributed by atoms with Crippen molar-refractivity contribution in [1.82, 2.24) is 0 Å². The molecule has 0 saturated heterocycles. The molecule has 0 aliphatic rings. The summed E-state index contributed by atoms with van der Waals surface area (Å²) in [5.74, 6) is 0.841. The highest BCUT2D eigenvalue weighted by Gasteiger charge is 2.07. The first-order valence-corrected chi connectivity index (χ1v) is 6.18. The van der Waals surface area contributed by atoms with E-state index >= 15 is 0 Å². The molecule has 2 heteroatoms. The van der Waals surface area contributed by atoms with Gasteiger partial charge in [0.25, 0.3) is 0 Å². The Morgan fingerprint density at radius 3 is 2.33 bits per heavy atom. The second-order valence-electron chi connectivity index (χ2n) is 4.38. The zero-order chi connectivity index (χ0) is 12.8. The van der Waals surface area contributed by atoms with Crippen LogP contribution in [0.5, 0.6) is 5.75 Å². The van der Waals surface area contributed by atoms with Crippen molar-refractivity contribution < 1.29 is 9.84 Å². The van der Waals surface area contributed by atoms with Crippen LogP contribution in [0.25, 0.3) is 0 Å². The molecule has 0 aliphatic carbocycles. The molecule has 2 rings (SSSR count). The van der Waals surface area contributed by atoms with Crippen LogP contribution < -0.4 is 4.74 Å². The molecule has 2 nitrogen and oxygen atoms in total. The predicted octanol–water partition coefficient (Wildman–Crippen LogP) is 3.50. The van der Waals surface area contributed by atoms with Crippen LogP contribution in [-0.2, 0) is 0 Å². The Labute approximate surface area is 108 Å². The van der Waals surface area contributed by atoms with Gasteiger partial charge in [-0.1, -0.05) is 48.0 Å². The van der Waals surface area contributed by atoms with Crippen LogP contribution >= 0.6 is 0 Å². The van der Waals surface area contributed by atoms with E-state index in [1.807, 2.05) is 61.5 Å². The average Bonchev–Trinajstić information content (AvgIpc) is 2.40. The van der Waals surface area contributed by atoms with E-state index in [-0.39, 0.29) is 0 Å². The summed E-state index contributed by atoms with van der Waals surface area (Å²) < 4.78 is 5.56. The Bertz CT molecular complexity index is 462. The third-order valence-electron chi connectivity index (χ3n) is 2.87. The Hall–Kier alpha value is -1.80. The van der Waals surface area contributed by atoms with Crippen molar-refractivity contribution in [2.45, 2.75) is 19.4 Å². The van der Waals surface area contributed by atoms with E-state index in [1.165, 1.54) is 5.56 Å². The molecule has 0 saturated carbocycles. The lowest BCUT2D eigenvalue weighted by Gasteiger charge is -2.12. The van der Waals surface area contributed by atoms with Gasteiger partial charge in [-0.15, -0.1) is 0 Å².